The Morgan fingerprint density at radius 2 is 2.21 bits per heavy atom. The molecular formula is C12H14FN. The first kappa shape index (κ1) is 10.7. The Balaban J connectivity index is 2.86. The highest BCUT2D eigenvalue weighted by molar-refractivity contribution is 5.37. The highest BCUT2D eigenvalue weighted by atomic mass is 19.1. The SMILES string of the molecule is CCC(N)C#Cc1ccc(C)c(F)c1. The Kier molecular flexibility index (Phi) is 3.67. The van der Waals surface area contributed by atoms with Gasteiger partial charge in [-0.2, -0.15) is 0 Å². The molecule has 0 saturated heterocycles. The van der Waals surface area contributed by atoms with Crippen molar-refractivity contribution >= 4 is 0 Å². The van der Waals surface area contributed by atoms with E-state index in [9.17, 15) is 4.39 Å². The Morgan fingerprint density at radius 1 is 1.50 bits per heavy atom. The van der Waals surface area contributed by atoms with Crippen LogP contribution in [-0.4, -0.2) is 6.04 Å². The molecule has 0 spiro atoms. The number of aryl methyl sites for hydroxylation is 1. The topological polar surface area (TPSA) is 26.0 Å². The van der Waals surface area contributed by atoms with Crippen LogP contribution in [0.1, 0.15) is 24.5 Å². The van der Waals surface area contributed by atoms with Crippen LogP contribution in [0, 0.1) is 24.6 Å². The van der Waals surface area contributed by atoms with Gasteiger partial charge in [-0.3, -0.25) is 0 Å². The summed E-state index contributed by atoms with van der Waals surface area (Å²) < 4.78 is 13.1. The largest absolute Gasteiger partial charge is 0.318 e. The van der Waals surface area contributed by atoms with Crippen LogP contribution in [-0.2, 0) is 0 Å². The van der Waals surface area contributed by atoms with Gasteiger partial charge in [0.15, 0.2) is 0 Å². The number of benzene rings is 1. The van der Waals surface area contributed by atoms with Gasteiger partial charge in [0.25, 0.3) is 0 Å². The molecule has 0 amide bonds. The molecule has 0 aliphatic rings. The van der Waals surface area contributed by atoms with Crippen LogP contribution in [0.5, 0.6) is 0 Å². The first-order chi connectivity index (χ1) is 6.63. The van der Waals surface area contributed by atoms with Gasteiger partial charge in [0.2, 0.25) is 0 Å². The molecule has 2 N–H and O–H groups in total. The molecule has 0 aliphatic heterocycles. The summed E-state index contributed by atoms with van der Waals surface area (Å²) in [6.45, 7) is 3.69. The van der Waals surface area contributed by atoms with Gasteiger partial charge in [-0.1, -0.05) is 24.8 Å². The van der Waals surface area contributed by atoms with E-state index in [0.29, 0.717) is 11.1 Å². The standard InChI is InChI=1S/C12H14FN/c1-3-11(14)7-6-10-5-4-9(2)12(13)8-10/h4-5,8,11H,3,14H2,1-2H3. The number of halogens is 1. The molecule has 1 rings (SSSR count). The molecule has 0 saturated carbocycles. The maximum atomic E-state index is 13.1. The molecule has 14 heavy (non-hydrogen) atoms. The smallest absolute Gasteiger partial charge is 0.127 e. The van der Waals surface area contributed by atoms with Crippen LogP contribution < -0.4 is 5.73 Å². The summed E-state index contributed by atoms with van der Waals surface area (Å²) in [5.74, 6) is 5.48. The van der Waals surface area contributed by atoms with Crippen molar-refractivity contribution < 1.29 is 4.39 Å². The minimum Gasteiger partial charge on any atom is -0.318 e. The average Bonchev–Trinajstić information content (AvgIpc) is 2.19. The predicted molar refractivity (Wildman–Crippen MR) is 56.3 cm³/mol. The molecular weight excluding hydrogens is 177 g/mol. The number of rotatable bonds is 1. The lowest BCUT2D eigenvalue weighted by Crippen LogP contribution is -2.15. The van der Waals surface area contributed by atoms with Crippen LogP contribution in [0.25, 0.3) is 0 Å². The van der Waals surface area contributed by atoms with Crippen LogP contribution >= 0.6 is 0 Å². The summed E-state index contributed by atoms with van der Waals surface area (Å²) >= 11 is 0. The normalized spacial score (nSPS) is 11.7. The summed E-state index contributed by atoms with van der Waals surface area (Å²) in [5.41, 5.74) is 6.93. The summed E-state index contributed by atoms with van der Waals surface area (Å²) in [4.78, 5) is 0. The molecule has 1 atom stereocenters. The van der Waals surface area contributed by atoms with Crippen molar-refractivity contribution in [2.75, 3.05) is 0 Å². The van der Waals surface area contributed by atoms with Crippen LogP contribution in [0.2, 0.25) is 0 Å². The summed E-state index contributed by atoms with van der Waals surface area (Å²) in [6.07, 6.45) is 0.807. The number of hydrogen-bond donors (Lipinski definition) is 1. The molecule has 0 bridgehead atoms. The second kappa shape index (κ2) is 4.78. The second-order valence-corrected chi connectivity index (χ2v) is 3.25. The first-order valence-electron chi connectivity index (χ1n) is 4.66. The van der Waals surface area contributed by atoms with E-state index in [1.165, 1.54) is 6.07 Å². The van der Waals surface area contributed by atoms with Crippen LogP contribution in [0.15, 0.2) is 18.2 Å². The Hall–Kier alpha value is -1.33. The van der Waals surface area contributed by atoms with Crippen molar-refractivity contribution in [2.24, 2.45) is 5.73 Å². The predicted octanol–water partition coefficient (Wildman–Crippen LogP) is 2.22. The quantitative estimate of drug-likeness (QED) is 0.677. The lowest BCUT2D eigenvalue weighted by molar-refractivity contribution is 0.618. The van der Waals surface area contributed by atoms with E-state index in [2.05, 4.69) is 11.8 Å². The Bertz CT molecular complexity index is 374. The lowest BCUT2D eigenvalue weighted by Gasteiger charge is -1.97. The second-order valence-electron chi connectivity index (χ2n) is 3.25. The zero-order chi connectivity index (χ0) is 10.6. The van der Waals surface area contributed by atoms with E-state index in [1.807, 2.05) is 6.92 Å². The number of nitrogens with two attached hydrogens (primary N) is 1. The lowest BCUT2D eigenvalue weighted by atomic mass is 10.1. The highest BCUT2D eigenvalue weighted by Gasteiger charge is 1.96. The Morgan fingerprint density at radius 3 is 2.79 bits per heavy atom. The summed E-state index contributed by atoms with van der Waals surface area (Å²) in [7, 11) is 0. The molecule has 0 aliphatic carbocycles. The molecule has 2 heteroatoms. The van der Waals surface area contributed by atoms with E-state index in [1.54, 1.807) is 19.1 Å². The molecule has 1 aromatic carbocycles. The minimum absolute atomic E-state index is 0.126. The van der Waals surface area contributed by atoms with Gasteiger partial charge in [0.1, 0.15) is 5.82 Å². The van der Waals surface area contributed by atoms with Gasteiger partial charge in [0.05, 0.1) is 6.04 Å². The van der Waals surface area contributed by atoms with Crippen molar-refractivity contribution in [3.05, 3.63) is 35.1 Å². The van der Waals surface area contributed by atoms with E-state index in [-0.39, 0.29) is 11.9 Å². The zero-order valence-electron chi connectivity index (χ0n) is 8.47. The molecule has 1 nitrogen and oxygen atoms in total. The zero-order valence-corrected chi connectivity index (χ0v) is 8.47. The average molecular weight is 191 g/mol. The fourth-order valence-electron chi connectivity index (χ4n) is 0.949. The molecule has 0 fully saturated rings. The summed E-state index contributed by atoms with van der Waals surface area (Å²) in [6, 6.07) is 4.83. The Labute approximate surface area is 84.1 Å². The van der Waals surface area contributed by atoms with Crippen molar-refractivity contribution in [3.63, 3.8) is 0 Å². The molecule has 1 unspecified atom stereocenters. The van der Waals surface area contributed by atoms with Crippen LogP contribution in [0.4, 0.5) is 4.39 Å². The third kappa shape index (κ3) is 2.86. The number of hydrogen-bond acceptors (Lipinski definition) is 1. The fraction of sp³-hybridized carbons (Fsp3) is 0.333. The third-order valence-corrected chi connectivity index (χ3v) is 2.01. The molecule has 0 radical (unpaired) electrons. The summed E-state index contributed by atoms with van der Waals surface area (Å²) in [5, 5.41) is 0. The molecule has 0 aromatic heterocycles. The maximum Gasteiger partial charge on any atom is 0.127 e. The van der Waals surface area contributed by atoms with Gasteiger partial charge in [-0.15, -0.1) is 0 Å². The monoisotopic (exact) mass is 191 g/mol. The fourth-order valence-corrected chi connectivity index (χ4v) is 0.949. The van der Waals surface area contributed by atoms with Gasteiger partial charge in [0, 0.05) is 5.56 Å². The van der Waals surface area contributed by atoms with Crippen molar-refractivity contribution in [1.29, 1.82) is 0 Å². The van der Waals surface area contributed by atoms with Crippen molar-refractivity contribution in [3.8, 4) is 11.8 Å². The van der Waals surface area contributed by atoms with Gasteiger partial charge >= 0.3 is 0 Å². The third-order valence-electron chi connectivity index (χ3n) is 2.01. The molecule has 1 aromatic rings. The van der Waals surface area contributed by atoms with E-state index >= 15 is 0 Å². The van der Waals surface area contributed by atoms with Gasteiger partial charge < -0.3 is 5.73 Å². The van der Waals surface area contributed by atoms with Crippen molar-refractivity contribution in [1.82, 2.24) is 0 Å². The van der Waals surface area contributed by atoms with Crippen molar-refractivity contribution in [2.45, 2.75) is 26.3 Å². The van der Waals surface area contributed by atoms with E-state index in [4.69, 9.17) is 5.73 Å². The van der Waals surface area contributed by atoms with E-state index in [0.717, 1.165) is 6.42 Å². The molecule has 0 heterocycles. The van der Waals surface area contributed by atoms with Gasteiger partial charge in [-0.25, -0.2) is 4.39 Å². The molecule has 74 valence electrons. The van der Waals surface area contributed by atoms with Gasteiger partial charge in [-0.05, 0) is 31.0 Å². The maximum absolute atomic E-state index is 13.1. The van der Waals surface area contributed by atoms with Crippen LogP contribution in [0.3, 0.4) is 0 Å². The van der Waals surface area contributed by atoms with E-state index < -0.39 is 0 Å². The first-order valence-corrected chi connectivity index (χ1v) is 4.66. The highest BCUT2D eigenvalue weighted by Crippen LogP contribution is 2.07. The minimum atomic E-state index is -0.220.